The molecule has 176 valence electrons. The minimum atomic E-state index is -0.515. The Morgan fingerprint density at radius 1 is 1.09 bits per heavy atom. The monoisotopic (exact) mass is 476 g/mol. The van der Waals surface area contributed by atoms with E-state index in [4.69, 9.17) is 0 Å². The van der Waals surface area contributed by atoms with Crippen LogP contribution in [0, 0.1) is 24.7 Å². The molecule has 0 saturated heterocycles. The van der Waals surface area contributed by atoms with E-state index in [1.165, 1.54) is 41.5 Å². The average molecular weight is 477 g/mol. The van der Waals surface area contributed by atoms with Crippen molar-refractivity contribution in [3.63, 3.8) is 0 Å². The van der Waals surface area contributed by atoms with Gasteiger partial charge in [0.25, 0.3) is 5.56 Å². The van der Waals surface area contributed by atoms with Crippen molar-refractivity contribution >= 4 is 33.5 Å². The lowest BCUT2D eigenvalue weighted by atomic mass is 9.53. The predicted molar refractivity (Wildman–Crippen MR) is 132 cm³/mol. The third kappa shape index (κ3) is 3.74. The lowest BCUT2D eigenvalue weighted by Gasteiger charge is -2.56. The summed E-state index contributed by atoms with van der Waals surface area (Å²) in [5, 5.41) is 6.12. The van der Waals surface area contributed by atoms with Gasteiger partial charge in [-0.15, -0.1) is 11.3 Å². The molecule has 4 saturated carbocycles. The highest BCUT2D eigenvalue weighted by Gasteiger charge is 2.51. The first-order valence-electron chi connectivity index (χ1n) is 12.0. The Morgan fingerprint density at radius 2 is 1.74 bits per heavy atom. The van der Waals surface area contributed by atoms with Gasteiger partial charge in [-0.3, -0.25) is 19.5 Å². The molecule has 0 atom stereocenters. The number of benzene rings is 1. The number of hydrogen-bond acceptors (Lipinski definition) is 5. The van der Waals surface area contributed by atoms with Crippen LogP contribution in [0.2, 0.25) is 0 Å². The van der Waals surface area contributed by atoms with Crippen molar-refractivity contribution in [1.82, 2.24) is 20.2 Å². The van der Waals surface area contributed by atoms with Gasteiger partial charge in [-0.1, -0.05) is 30.3 Å². The van der Waals surface area contributed by atoms with Crippen molar-refractivity contribution in [2.24, 2.45) is 17.8 Å². The Labute approximate surface area is 201 Å². The Morgan fingerprint density at radius 3 is 2.38 bits per heavy atom. The van der Waals surface area contributed by atoms with Gasteiger partial charge < -0.3 is 5.32 Å². The van der Waals surface area contributed by atoms with Crippen LogP contribution in [0.15, 0.2) is 41.5 Å². The minimum absolute atomic E-state index is 0.171. The summed E-state index contributed by atoms with van der Waals surface area (Å²) in [6.45, 7) is 1.72. The summed E-state index contributed by atoms with van der Waals surface area (Å²) in [4.78, 5) is 44.8. The number of thiophene rings is 1. The Balaban J connectivity index is 1.19. The predicted octanol–water partition coefficient (Wildman–Crippen LogP) is 4.23. The van der Waals surface area contributed by atoms with Gasteiger partial charge in [-0.2, -0.15) is 0 Å². The number of imide groups is 1. The van der Waals surface area contributed by atoms with E-state index in [2.05, 4.69) is 15.6 Å². The number of nitrogens with one attached hydrogen (secondary N) is 2. The first kappa shape index (κ1) is 21.5. The van der Waals surface area contributed by atoms with Gasteiger partial charge in [-0.25, -0.2) is 9.78 Å². The lowest BCUT2D eigenvalue weighted by molar-refractivity contribution is -0.120. The van der Waals surface area contributed by atoms with Crippen LogP contribution in [-0.2, 0) is 11.3 Å². The first-order chi connectivity index (χ1) is 16.4. The summed E-state index contributed by atoms with van der Waals surface area (Å²) < 4.78 is 1.29. The summed E-state index contributed by atoms with van der Waals surface area (Å²) in [5.74, 6) is 1.59. The van der Waals surface area contributed by atoms with Crippen molar-refractivity contribution in [3.05, 3.63) is 51.9 Å². The molecule has 3 amide bonds. The van der Waals surface area contributed by atoms with Crippen molar-refractivity contribution < 1.29 is 9.59 Å². The van der Waals surface area contributed by atoms with Gasteiger partial charge in [0.1, 0.15) is 11.4 Å². The highest BCUT2D eigenvalue weighted by molar-refractivity contribution is 7.19. The minimum Gasteiger partial charge on any atom is -0.332 e. The second-order valence-corrected chi connectivity index (χ2v) is 11.7. The molecule has 34 heavy (non-hydrogen) atoms. The summed E-state index contributed by atoms with van der Waals surface area (Å²) >= 11 is 1.47. The summed E-state index contributed by atoms with van der Waals surface area (Å²) in [7, 11) is 0. The lowest BCUT2D eigenvalue weighted by Crippen LogP contribution is -2.62. The zero-order valence-electron chi connectivity index (χ0n) is 19.2. The topological polar surface area (TPSA) is 93.1 Å². The molecule has 4 aliphatic rings. The number of aromatic nitrogens is 2. The van der Waals surface area contributed by atoms with E-state index in [0.29, 0.717) is 28.0 Å². The molecular weight excluding hydrogens is 448 g/mol. The average Bonchev–Trinajstić information content (AvgIpc) is 3.11. The van der Waals surface area contributed by atoms with Crippen LogP contribution in [0.5, 0.6) is 0 Å². The molecule has 2 heterocycles. The van der Waals surface area contributed by atoms with E-state index in [-0.39, 0.29) is 17.6 Å². The van der Waals surface area contributed by atoms with Crippen LogP contribution >= 0.6 is 11.3 Å². The number of amides is 3. The number of hydrogen-bond donors (Lipinski definition) is 2. The van der Waals surface area contributed by atoms with Crippen LogP contribution in [0.1, 0.15) is 43.4 Å². The Kier molecular flexibility index (Phi) is 5.09. The van der Waals surface area contributed by atoms with Gasteiger partial charge >= 0.3 is 6.03 Å². The van der Waals surface area contributed by atoms with Gasteiger partial charge in [-0.05, 0) is 68.8 Å². The van der Waals surface area contributed by atoms with Crippen molar-refractivity contribution in [2.75, 3.05) is 0 Å². The second kappa shape index (κ2) is 8.05. The van der Waals surface area contributed by atoms with E-state index < -0.39 is 11.9 Å². The van der Waals surface area contributed by atoms with Gasteiger partial charge in [0, 0.05) is 16.0 Å². The zero-order chi connectivity index (χ0) is 23.4. The molecule has 0 radical (unpaired) electrons. The molecule has 4 fully saturated rings. The fraction of sp³-hybridized carbons (Fsp3) is 0.462. The SMILES string of the molecule is Cc1sc2ncn(CC(=O)NC(=O)NC34CC5CC(CC(C5)C3)C4)c(=O)c2c1-c1ccccc1. The fourth-order valence-corrected chi connectivity index (χ4v) is 8.06. The highest BCUT2D eigenvalue weighted by atomic mass is 32.1. The second-order valence-electron chi connectivity index (χ2n) is 10.5. The third-order valence-corrected chi connectivity index (χ3v) is 8.91. The fourth-order valence-electron chi connectivity index (χ4n) is 7.06. The Hall–Kier alpha value is -3.00. The molecule has 3 aromatic rings. The van der Waals surface area contributed by atoms with Gasteiger partial charge in [0.05, 0.1) is 11.7 Å². The molecule has 0 spiro atoms. The van der Waals surface area contributed by atoms with E-state index in [1.807, 2.05) is 37.3 Å². The van der Waals surface area contributed by atoms with Gasteiger partial charge in [0.2, 0.25) is 5.91 Å². The maximum absolute atomic E-state index is 13.3. The van der Waals surface area contributed by atoms with E-state index >= 15 is 0 Å². The molecule has 0 unspecified atom stereocenters. The number of carbonyl (C=O) groups is 2. The molecule has 4 bridgehead atoms. The van der Waals surface area contributed by atoms with E-state index in [0.717, 1.165) is 35.3 Å². The normalized spacial score (nSPS) is 27.1. The standard InChI is InChI=1S/C26H28N4O3S/c1-15-21(19-5-3-2-4-6-19)22-23(34-15)27-14-30(24(22)32)13-20(31)28-25(33)29-26-10-16-7-17(11-26)9-18(8-16)12-26/h2-6,14,16-18H,7-13H2,1H3,(H2,28,29,31,33). The highest BCUT2D eigenvalue weighted by Crippen LogP contribution is 2.55. The number of urea groups is 1. The van der Waals surface area contributed by atoms with E-state index in [9.17, 15) is 14.4 Å². The molecule has 2 aromatic heterocycles. The van der Waals surface area contributed by atoms with Crippen LogP contribution in [0.3, 0.4) is 0 Å². The van der Waals surface area contributed by atoms with Crippen LogP contribution in [0.4, 0.5) is 4.79 Å². The summed E-state index contributed by atoms with van der Waals surface area (Å²) in [6.07, 6.45) is 8.29. The number of nitrogens with zero attached hydrogens (tertiary/aromatic N) is 2. The number of rotatable bonds is 4. The number of fused-ring (bicyclic) bond motifs is 1. The van der Waals surface area contributed by atoms with Gasteiger partial charge in [0.15, 0.2) is 0 Å². The molecule has 7 nitrogen and oxygen atoms in total. The largest absolute Gasteiger partial charge is 0.332 e. The smallest absolute Gasteiger partial charge is 0.321 e. The molecular formula is C26H28N4O3S. The van der Waals surface area contributed by atoms with Crippen LogP contribution < -0.4 is 16.2 Å². The summed E-state index contributed by atoms with van der Waals surface area (Å²) in [6, 6.07) is 9.28. The van der Waals surface area contributed by atoms with Crippen LogP contribution in [0.25, 0.3) is 21.3 Å². The van der Waals surface area contributed by atoms with E-state index in [1.54, 1.807) is 0 Å². The van der Waals surface area contributed by atoms with Crippen LogP contribution in [-0.4, -0.2) is 27.0 Å². The molecule has 7 rings (SSSR count). The third-order valence-electron chi connectivity index (χ3n) is 7.90. The quantitative estimate of drug-likeness (QED) is 0.589. The molecule has 0 aliphatic heterocycles. The molecule has 4 aliphatic carbocycles. The molecule has 1 aromatic carbocycles. The summed E-state index contributed by atoms with van der Waals surface area (Å²) in [5.41, 5.74) is 1.36. The number of carbonyl (C=O) groups excluding carboxylic acids is 2. The zero-order valence-corrected chi connectivity index (χ0v) is 20.0. The molecule has 2 N–H and O–H groups in total. The maximum atomic E-state index is 13.3. The number of aryl methyl sites for hydroxylation is 1. The van der Waals surface area contributed by atoms with Crippen molar-refractivity contribution in [2.45, 2.75) is 57.5 Å². The molecule has 8 heteroatoms. The van der Waals surface area contributed by atoms with Crippen molar-refractivity contribution in [1.29, 1.82) is 0 Å². The first-order valence-corrected chi connectivity index (χ1v) is 12.9. The van der Waals surface area contributed by atoms with Crippen molar-refractivity contribution in [3.8, 4) is 11.1 Å². The maximum Gasteiger partial charge on any atom is 0.321 e. The Bertz CT molecular complexity index is 1310.